The zero-order chi connectivity index (χ0) is 17.9. The van der Waals surface area contributed by atoms with Gasteiger partial charge in [-0.15, -0.1) is 0 Å². The van der Waals surface area contributed by atoms with Crippen molar-refractivity contribution in [3.8, 4) is 0 Å². The number of amides is 1. The van der Waals surface area contributed by atoms with E-state index in [1.165, 1.54) is 0 Å². The Kier molecular flexibility index (Phi) is 5.86. The van der Waals surface area contributed by atoms with Gasteiger partial charge in [0.05, 0.1) is 6.10 Å². The van der Waals surface area contributed by atoms with E-state index >= 15 is 0 Å². The molecule has 0 bridgehead atoms. The predicted octanol–water partition coefficient (Wildman–Crippen LogP) is 4.16. The Balaban J connectivity index is 2.11. The van der Waals surface area contributed by atoms with Gasteiger partial charge in [-0.05, 0) is 58.1 Å². The molecule has 1 amide bonds. The number of aryl methyl sites for hydroxylation is 1. The smallest absolute Gasteiger partial charge is 0.410 e. The van der Waals surface area contributed by atoms with E-state index < -0.39 is 24.0 Å². The van der Waals surface area contributed by atoms with Crippen LogP contribution in [0.2, 0.25) is 0 Å². The summed E-state index contributed by atoms with van der Waals surface area (Å²) in [6.07, 6.45) is -1.25. The lowest BCUT2D eigenvalue weighted by molar-refractivity contribution is -0.00669. The van der Waals surface area contributed by atoms with Crippen LogP contribution in [0, 0.1) is 6.92 Å². The second-order valence-electron chi connectivity index (χ2n) is 7.56. The van der Waals surface area contributed by atoms with Gasteiger partial charge in [-0.2, -0.15) is 0 Å². The number of hydrogen-bond acceptors (Lipinski definition) is 3. The lowest BCUT2D eigenvalue weighted by atomic mass is 9.92. The lowest BCUT2D eigenvalue weighted by Gasteiger charge is -2.39. The molecule has 1 heterocycles. The standard InChI is InChI=1S/C19H28FNO3/c1-13-7-5-6-8-16(13)17(22)12-15-11-14(20)9-10-21(15)18(23)24-19(2,3)4/h5-8,14-15,17,22H,9-12H2,1-4H3/t14-,15-,17+/m1/s1. The Hall–Kier alpha value is -1.62. The van der Waals surface area contributed by atoms with Crippen molar-refractivity contribution in [2.75, 3.05) is 6.54 Å². The molecule has 4 nitrogen and oxygen atoms in total. The van der Waals surface area contributed by atoms with E-state index in [2.05, 4.69) is 0 Å². The minimum atomic E-state index is -0.947. The second-order valence-corrected chi connectivity index (χ2v) is 7.56. The second kappa shape index (κ2) is 7.51. The predicted molar refractivity (Wildman–Crippen MR) is 91.6 cm³/mol. The van der Waals surface area contributed by atoms with E-state index in [0.29, 0.717) is 19.4 Å². The molecule has 5 heteroatoms. The Bertz CT molecular complexity index is 570. The summed E-state index contributed by atoms with van der Waals surface area (Å²) in [5.41, 5.74) is 1.21. The van der Waals surface area contributed by atoms with E-state index in [-0.39, 0.29) is 12.5 Å². The van der Waals surface area contributed by atoms with Crippen LogP contribution in [-0.2, 0) is 4.74 Å². The van der Waals surface area contributed by atoms with E-state index in [4.69, 9.17) is 4.74 Å². The molecule has 1 saturated heterocycles. The van der Waals surface area contributed by atoms with Gasteiger partial charge >= 0.3 is 6.09 Å². The molecule has 1 aromatic carbocycles. The Morgan fingerprint density at radius 1 is 1.42 bits per heavy atom. The number of aliphatic hydroxyl groups excluding tert-OH is 1. The van der Waals surface area contributed by atoms with Crippen molar-refractivity contribution in [1.29, 1.82) is 0 Å². The first-order chi connectivity index (χ1) is 11.2. The summed E-state index contributed by atoms with van der Waals surface area (Å²) in [7, 11) is 0. The molecule has 134 valence electrons. The molecule has 1 N–H and O–H groups in total. The van der Waals surface area contributed by atoms with Gasteiger partial charge in [-0.3, -0.25) is 0 Å². The molecular formula is C19H28FNO3. The van der Waals surface area contributed by atoms with Crippen LogP contribution in [0.1, 0.15) is 57.3 Å². The molecule has 1 aliphatic rings. The number of nitrogens with zero attached hydrogens (tertiary/aromatic N) is 1. The van der Waals surface area contributed by atoms with Gasteiger partial charge in [0.25, 0.3) is 0 Å². The monoisotopic (exact) mass is 337 g/mol. The number of rotatable bonds is 3. The highest BCUT2D eigenvalue weighted by molar-refractivity contribution is 5.68. The van der Waals surface area contributed by atoms with Crippen LogP contribution >= 0.6 is 0 Å². The van der Waals surface area contributed by atoms with Crippen molar-refractivity contribution in [2.24, 2.45) is 0 Å². The van der Waals surface area contributed by atoms with E-state index in [1.807, 2.05) is 52.0 Å². The summed E-state index contributed by atoms with van der Waals surface area (Å²) in [6.45, 7) is 7.68. The molecule has 0 aromatic heterocycles. The first kappa shape index (κ1) is 18.7. The maximum Gasteiger partial charge on any atom is 0.410 e. The summed E-state index contributed by atoms with van der Waals surface area (Å²) in [4.78, 5) is 14.0. The van der Waals surface area contributed by atoms with E-state index in [9.17, 15) is 14.3 Å². The molecular weight excluding hydrogens is 309 g/mol. The number of halogens is 1. The van der Waals surface area contributed by atoms with Crippen molar-refractivity contribution in [1.82, 2.24) is 4.90 Å². The largest absolute Gasteiger partial charge is 0.444 e. The van der Waals surface area contributed by atoms with Gasteiger partial charge in [0.1, 0.15) is 11.8 Å². The number of alkyl halides is 1. The third-order valence-electron chi connectivity index (χ3n) is 4.32. The number of ether oxygens (including phenoxy) is 1. The number of aliphatic hydroxyl groups is 1. The normalized spacial score (nSPS) is 23.0. The molecule has 3 atom stereocenters. The average Bonchev–Trinajstić information content (AvgIpc) is 2.45. The number of likely N-dealkylation sites (tertiary alicyclic amines) is 1. The third-order valence-corrected chi connectivity index (χ3v) is 4.32. The van der Waals surface area contributed by atoms with Crippen LogP contribution in [-0.4, -0.2) is 40.5 Å². The van der Waals surface area contributed by atoms with Gasteiger partial charge in [-0.1, -0.05) is 24.3 Å². The maximum atomic E-state index is 13.9. The maximum absolute atomic E-state index is 13.9. The minimum Gasteiger partial charge on any atom is -0.444 e. The Morgan fingerprint density at radius 2 is 2.08 bits per heavy atom. The number of carbonyl (C=O) groups is 1. The van der Waals surface area contributed by atoms with Crippen LogP contribution in [0.4, 0.5) is 9.18 Å². The fourth-order valence-corrected chi connectivity index (χ4v) is 3.13. The zero-order valence-corrected chi connectivity index (χ0v) is 15.0. The van der Waals surface area contributed by atoms with Crippen molar-refractivity contribution in [3.05, 3.63) is 35.4 Å². The molecule has 24 heavy (non-hydrogen) atoms. The zero-order valence-electron chi connectivity index (χ0n) is 15.0. The van der Waals surface area contributed by atoms with Gasteiger partial charge in [0, 0.05) is 12.6 Å². The molecule has 1 fully saturated rings. The molecule has 0 radical (unpaired) electrons. The summed E-state index contributed by atoms with van der Waals surface area (Å²) in [5.74, 6) is 0. The molecule has 0 aliphatic carbocycles. The summed E-state index contributed by atoms with van der Waals surface area (Å²) >= 11 is 0. The Labute approximate surface area is 143 Å². The summed E-state index contributed by atoms with van der Waals surface area (Å²) < 4.78 is 19.3. The lowest BCUT2D eigenvalue weighted by Crippen LogP contribution is -2.49. The first-order valence-electron chi connectivity index (χ1n) is 8.54. The van der Waals surface area contributed by atoms with Gasteiger partial charge in [-0.25, -0.2) is 9.18 Å². The number of piperidine rings is 1. The molecule has 2 rings (SSSR count). The first-order valence-corrected chi connectivity index (χ1v) is 8.54. The third kappa shape index (κ3) is 4.94. The van der Waals surface area contributed by atoms with E-state index in [1.54, 1.807) is 4.90 Å². The molecule has 0 unspecified atom stereocenters. The molecule has 1 aliphatic heterocycles. The summed E-state index contributed by atoms with van der Waals surface area (Å²) in [6, 6.07) is 7.22. The van der Waals surface area contributed by atoms with Gasteiger partial charge < -0.3 is 14.7 Å². The van der Waals surface area contributed by atoms with Crippen molar-refractivity contribution in [3.63, 3.8) is 0 Å². The van der Waals surface area contributed by atoms with Gasteiger partial charge in [0.2, 0.25) is 0 Å². The van der Waals surface area contributed by atoms with Crippen molar-refractivity contribution >= 4 is 6.09 Å². The SMILES string of the molecule is Cc1ccccc1[C@@H](O)C[C@H]1C[C@H](F)CCN1C(=O)OC(C)(C)C. The van der Waals surface area contributed by atoms with Crippen LogP contribution in [0.5, 0.6) is 0 Å². The highest BCUT2D eigenvalue weighted by Gasteiger charge is 2.35. The number of hydrogen-bond donors (Lipinski definition) is 1. The number of benzene rings is 1. The van der Waals surface area contributed by atoms with Crippen LogP contribution < -0.4 is 0 Å². The van der Waals surface area contributed by atoms with E-state index in [0.717, 1.165) is 11.1 Å². The molecule has 1 aromatic rings. The van der Waals surface area contributed by atoms with Crippen LogP contribution in [0.3, 0.4) is 0 Å². The van der Waals surface area contributed by atoms with Crippen LogP contribution in [0.15, 0.2) is 24.3 Å². The quantitative estimate of drug-likeness (QED) is 0.901. The fraction of sp³-hybridized carbons (Fsp3) is 0.632. The van der Waals surface area contributed by atoms with Crippen molar-refractivity contribution in [2.45, 2.75) is 70.9 Å². The van der Waals surface area contributed by atoms with Crippen LogP contribution in [0.25, 0.3) is 0 Å². The topological polar surface area (TPSA) is 49.8 Å². The average molecular weight is 337 g/mol. The van der Waals surface area contributed by atoms with Gasteiger partial charge in [0.15, 0.2) is 0 Å². The minimum absolute atomic E-state index is 0.238. The van der Waals surface area contributed by atoms with Crippen molar-refractivity contribution < 1.29 is 19.0 Å². The Morgan fingerprint density at radius 3 is 2.71 bits per heavy atom. The fourth-order valence-electron chi connectivity index (χ4n) is 3.13. The highest BCUT2D eigenvalue weighted by atomic mass is 19.1. The molecule has 0 saturated carbocycles. The molecule has 0 spiro atoms. The highest BCUT2D eigenvalue weighted by Crippen LogP contribution is 2.30. The number of carbonyl (C=O) groups excluding carboxylic acids is 1. The summed E-state index contributed by atoms with van der Waals surface area (Å²) in [5, 5.41) is 10.6.